The second kappa shape index (κ2) is 8.01. The third-order valence-corrected chi connectivity index (χ3v) is 4.97. The van der Waals surface area contributed by atoms with Gasteiger partial charge in [0, 0.05) is 0 Å². The molecule has 26 heavy (non-hydrogen) atoms. The lowest BCUT2D eigenvalue weighted by atomic mass is 10.1. The second-order valence-corrected chi connectivity index (χ2v) is 7.58. The number of rotatable bonds is 7. The predicted octanol–water partition coefficient (Wildman–Crippen LogP) is 1.97. The maximum absolute atomic E-state index is 12.8. The van der Waals surface area contributed by atoms with Gasteiger partial charge in [0.25, 0.3) is 5.91 Å². The number of carbonyl (C=O) groups excluding carboxylic acids is 2. The molecule has 2 aromatic rings. The number of benzene rings is 2. The monoisotopic (exact) mass is 375 g/mol. The molecule has 3 N–H and O–H groups in total. The number of hydrogen-bond donors (Lipinski definition) is 2. The molecule has 0 saturated heterocycles. The highest BCUT2D eigenvalue weighted by Crippen LogP contribution is 2.23. The second-order valence-electron chi connectivity index (χ2n) is 5.72. The summed E-state index contributed by atoms with van der Waals surface area (Å²) in [6.07, 6.45) is 1.29. The Labute approximate surface area is 152 Å². The van der Waals surface area contributed by atoms with Crippen molar-refractivity contribution in [3.63, 3.8) is 0 Å². The van der Waals surface area contributed by atoms with Crippen LogP contribution in [0.5, 0.6) is 0 Å². The molecule has 1 atom stereocenters. The molecule has 0 saturated carbocycles. The van der Waals surface area contributed by atoms with Crippen molar-refractivity contribution in [2.45, 2.75) is 19.4 Å². The summed E-state index contributed by atoms with van der Waals surface area (Å²) < 4.78 is 25.8. The maximum Gasteiger partial charge on any atom is 0.250 e. The van der Waals surface area contributed by atoms with Gasteiger partial charge in [0.05, 0.1) is 23.2 Å². The van der Waals surface area contributed by atoms with Gasteiger partial charge < -0.3 is 11.1 Å². The minimum atomic E-state index is -3.71. The van der Waals surface area contributed by atoms with E-state index in [2.05, 4.69) is 5.32 Å². The van der Waals surface area contributed by atoms with Gasteiger partial charge in [-0.25, -0.2) is 8.42 Å². The zero-order valence-corrected chi connectivity index (χ0v) is 15.4. The predicted molar refractivity (Wildman–Crippen MR) is 101 cm³/mol. The van der Waals surface area contributed by atoms with Crippen molar-refractivity contribution in [3.05, 3.63) is 60.2 Å². The molecule has 0 aliphatic heterocycles. The molecule has 0 spiro atoms. The van der Waals surface area contributed by atoms with Gasteiger partial charge in [-0.15, -0.1) is 0 Å². The van der Waals surface area contributed by atoms with Crippen LogP contribution >= 0.6 is 0 Å². The normalized spacial score (nSPS) is 12.2. The van der Waals surface area contributed by atoms with Gasteiger partial charge in [0.2, 0.25) is 15.9 Å². The van der Waals surface area contributed by atoms with Crippen LogP contribution in [0.15, 0.2) is 54.6 Å². The molecule has 0 fully saturated rings. The van der Waals surface area contributed by atoms with E-state index in [-0.39, 0.29) is 17.7 Å². The number of nitrogens with zero attached hydrogens (tertiary/aromatic N) is 1. The van der Waals surface area contributed by atoms with E-state index in [4.69, 9.17) is 5.73 Å². The first-order valence-electron chi connectivity index (χ1n) is 7.99. The molecule has 138 valence electrons. The van der Waals surface area contributed by atoms with E-state index in [0.29, 0.717) is 5.69 Å². The fourth-order valence-corrected chi connectivity index (χ4v) is 3.87. The molecule has 1 unspecified atom stereocenters. The summed E-state index contributed by atoms with van der Waals surface area (Å²) in [6, 6.07) is 13.7. The maximum atomic E-state index is 12.8. The van der Waals surface area contributed by atoms with Crippen LogP contribution in [0, 0.1) is 0 Å². The van der Waals surface area contributed by atoms with E-state index >= 15 is 0 Å². The third-order valence-electron chi connectivity index (χ3n) is 3.79. The number of hydrogen-bond acceptors (Lipinski definition) is 4. The first-order valence-corrected chi connectivity index (χ1v) is 9.84. The van der Waals surface area contributed by atoms with Crippen LogP contribution in [-0.4, -0.2) is 32.5 Å². The Bertz CT molecular complexity index is 898. The minimum absolute atomic E-state index is 0.154. The average molecular weight is 375 g/mol. The molecule has 0 heterocycles. The topological polar surface area (TPSA) is 110 Å². The van der Waals surface area contributed by atoms with E-state index in [9.17, 15) is 18.0 Å². The highest BCUT2D eigenvalue weighted by Gasteiger charge is 2.31. The Balaban J connectivity index is 2.40. The summed E-state index contributed by atoms with van der Waals surface area (Å²) in [5, 5.41) is 2.62. The number of anilines is 2. The Kier molecular flexibility index (Phi) is 5.99. The lowest BCUT2D eigenvalue weighted by Gasteiger charge is -2.30. The van der Waals surface area contributed by atoms with E-state index in [1.54, 1.807) is 49.4 Å². The van der Waals surface area contributed by atoms with Gasteiger partial charge in [0.1, 0.15) is 6.04 Å². The molecule has 0 aliphatic carbocycles. The molecule has 7 nitrogen and oxygen atoms in total. The fourth-order valence-electron chi connectivity index (χ4n) is 2.66. The Hall–Kier alpha value is -2.87. The van der Waals surface area contributed by atoms with Crippen LogP contribution in [0.1, 0.15) is 23.7 Å². The number of nitrogens with one attached hydrogen (secondary N) is 1. The van der Waals surface area contributed by atoms with Gasteiger partial charge in [0.15, 0.2) is 0 Å². The Morgan fingerprint density at radius 1 is 1.08 bits per heavy atom. The van der Waals surface area contributed by atoms with Crippen molar-refractivity contribution in [2.24, 2.45) is 5.73 Å². The van der Waals surface area contributed by atoms with Crippen molar-refractivity contribution in [3.8, 4) is 0 Å². The van der Waals surface area contributed by atoms with Crippen LogP contribution in [0.3, 0.4) is 0 Å². The molecule has 2 amide bonds. The van der Waals surface area contributed by atoms with Crippen LogP contribution in [0.2, 0.25) is 0 Å². The summed E-state index contributed by atoms with van der Waals surface area (Å²) in [6.45, 7) is 1.71. The molecule has 0 radical (unpaired) electrons. The molecule has 0 bridgehead atoms. The van der Waals surface area contributed by atoms with E-state index in [0.717, 1.165) is 10.6 Å². The van der Waals surface area contributed by atoms with Crippen molar-refractivity contribution in [1.29, 1.82) is 0 Å². The Morgan fingerprint density at radius 2 is 1.65 bits per heavy atom. The van der Waals surface area contributed by atoms with Gasteiger partial charge in [-0.2, -0.15) is 0 Å². The SMILES string of the molecule is CCC(C(=O)Nc1ccccc1C(N)=O)N(c1ccccc1)S(C)(=O)=O. The van der Waals surface area contributed by atoms with Crippen LogP contribution in [0.4, 0.5) is 11.4 Å². The number of nitrogens with two attached hydrogens (primary N) is 1. The number of para-hydroxylation sites is 2. The molecule has 2 aromatic carbocycles. The highest BCUT2D eigenvalue weighted by molar-refractivity contribution is 7.92. The number of sulfonamides is 1. The molecule has 2 rings (SSSR count). The fraction of sp³-hybridized carbons (Fsp3) is 0.222. The minimum Gasteiger partial charge on any atom is -0.366 e. The molecular weight excluding hydrogens is 354 g/mol. The zero-order valence-electron chi connectivity index (χ0n) is 14.5. The van der Waals surface area contributed by atoms with E-state index in [1.807, 2.05) is 0 Å². The van der Waals surface area contributed by atoms with Crippen molar-refractivity contribution in [2.75, 3.05) is 15.9 Å². The van der Waals surface area contributed by atoms with Crippen molar-refractivity contribution >= 4 is 33.2 Å². The lowest BCUT2D eigenvalue weighted by Crippen LogP contribution is -2.47. The summed E-state index contributed by atoms with van der Waals surface area (Å²) >= 11 is 0. The first kappa shape index (κ1) is 19.5. The highest BCUT2D eigenvalue weighted by atomic mass is 32.2. The van der Waals surface area contributed by atoms with Crippen molar-refractivity contribution < 1.29 is 18.0 Å². The number of primary amides is 1. The number of carbonyl (C=O) groups is 2. The zero-order chi connectivity index (χ0) is 19.3. The summed E-state index contributed by atoms with van der Waals surface area (Å²) in [5.74, 6) is -1.23. The standard InChI is InChI=1S/C18H21N3O4S/c1-3-16(21(26(2,24)25)13-9-5-4-6-10-13)18(23)20-15-12-8-7-11-14(15)17(19)22/h4-12,16H,3H2,1-2H3,(H2,19,22)(H,20,23). The quantitative estimate of drug-likeness (QED) is 0.771. The van der Waals surface area contributed by atoms with Crippen LogP contribution < -0.4 is 15.4 Å². The molecule has 0 aromatic heterocycles. The Morgan fingerprint density at radius 3 is 2.19 bits per heavy atom. The lowest BCUT2D eigenvalue weighted by molar-refractivity contribution is -0.117. The van der Waals surface area contributed by atoms with Gasteiger partial charge in [-0.1, -0.05) is 37.3 Å². The largest absolute Gasteiger partial charge is 0.366 e. The summed E-state index contributed by atoms with van der Waals surface area (Å²) in [7, 11) is -3.71. The summed E-state index contributed by atoms with van der Waals surface area (Å²) in [5.41, 5.74) is 6.11. The molecule has 0 aliphatic rings. The van der Waals surface area contributed by atoms with Crippen molar-refractivity contribution in [1.82, 2.24) is 0 Å². The summed E-state index contributed by atoms with van der Waals surface area (Å²) in [4.78, 5) is 24.3. The molecular formula is C18H21N3O4S. The van der Waals surface area contributed by atoms with Crippen LogP contribution in [-0.2, 0) is 14.8 Å². The smallest absolute Gasteiger partial charge is 0.250 e. The van der Waals surface area contributed by atoms with Gasteiger partial charge >= 0.3 is 0 Å². The van der Waals surface area contributed by atoms with E-state index < -0.39 is 27.9 Å². The molecule has 8 heteroatoms. The number of amides is 2. The van der Waals surface area contributed by atoms with E-state index in [1.165, 1.54) is 12.1 Å². The third kappa shape index (κ3) is 4.40. The van der Waals surface area contributed by atoms with Gasteiger partial charge in [-0.3, -0.25) is 13.9 Å². The van der Waals surface area contributed by atoms with Gasteiger partial charge in [-0.05, 0) is 30.7 Å². The first-order chi connectivity index (χ1) is 12.3. The average Bonchev–Trinajstić information content (AvgIpc) is 2.59. The van der Waals surface area contributed by atoms with Crippen LogP contribution in [0.25, 0.3) is 0 Å².